The number of nitrogens with zero attached hydrogens (tertiary/aromatic N) is 2. The molecule has 138 valence electrons. The molecule has 0 bridgehead atoms. The standard InChI is InChI=1S/C18H22N4O3S/c23-16(12-21-18(24)25-13-14-5-2-1-3-6-14)20-11-15-7-4-9-22(15)17-19-8-10-26-17/h1-3,5-6,8,10,15H,4,7,9,11-13H2,(H,20,23)(H,21,24). The number of ether oxygens (including phenoxy) is 1. The fraction of sp³-hybridized carbons (Fsp3) is 0.389. The summed E-state index contributed by atoms with van der Waals surface area (Å²) in [7, 11) is 0. The van der Waals surface area contributed by atoms with Crippen LogP contribution in [0.3, 0.4) is 0 Å². The number of aromatic nitrogens is 1. The van der Waals surface area contributed by atoms with Crippen LogP contribution in [0.25, 0.3) is 0 Å². The number of thiazole rings is 1. The van der Waals surface area contributed by atoms with E-state index in [0.29, 0.717) is 6.54 Å². The molecule has 0 radical (unpaired) electrons. The fourth-order valence-corrected chi connectivity index (χ4v) is 3.62. The van der Waals surface area contributed by atoms with E-state index in [4.69, 9.17) is 4.74 Å². The van der Waals surface area contributed by atoms with Crippen molar-refractivity contribution >= 4 is 28.5 Å². The van der Waals surface area contributed by atoms with Crippen LogP contribution in [0.15, 0.2) is 41.9 Å². The summed E-state index contributed by atoms with van der Waals surface area (Å²) in [5.74, 6) is -0.229. The van der Waals surface area contributed by atoms with Crippen LogP contribution in [0, 0.1) is 0 Å². The lowest BCUT2D eigenvalue weighted by Gasteiger charge is -2.24. The van der Waals surface area contributed by atoms with E-state index in [1.165, 1.54) is 0 Å². The summed E-state index contributed by atoms with van der Waals surface area (Å²) in [6, 6.07) is 9.64. The number of rotatable bonds is 7. The smallest absolute Gasteiger partial charge is 0.407 e. The zero-order valence-electron chi connectivity index (χ0n) is 14.4. The molecule has 1 saturated heterocycles. The molecule has 1 aromatic carbocycles. The van der Waals surface area contributed by atoms with E-state index in [0.717, 1.165) is 30.1 Å². The van der Waals surface area contributed by atoms with Crippen molar-refractivity contribution in [2.24, 2.45) is 0 Å². The second-order valence-electron chi connectivity index (χ2n) is 6.02. The van der Waals surface area contributed by atoms with Gasteiger partial charge in [0.05, 0.1) is 6.54 Å². The van der Waals surface area contributed by atoms with Gasteiger partial charge in [0, 0.05) is 30.7 Å². The van der Waals surface area contributed by atoms with E-state index < -0.39 is 6.09 Å². The van der Waals surface area contributed by atoms with E-state index in [2.05, 4.69) is 20.5 Å². The van der Waals surface area contributed by atoms with Crippen molar-refractivity contribution in [2.45, 2.75) is 25.5 Å². The van der Waals surface area contributed by atoms with E-state index in [1.807, 2.05) is 35.7 Å². The van der Waals surface area contributed by atoms with Crippen molar-refractivity contribution in [3.63, 3.8) is 0 Å². The van der Waals surface area contributed by atoms with Crippen molar-refractivity contribution < 1.29 is 14.3 Å². The summed E-state index contributed by atoms with van der Waals surface area (Å²) >= 11 is 1.60. The number of nitrogens with one attached hydrogen (secondary N) is 2. The molecule has 1 atom stereocenters. The minimum Gasteiger partial charge on any atom is -0.445 e. The van der Waals surface area contributed by atoms with Gasteiger partial charge in [-0.25, -0.2) is 9.78 Å². The monoisotopic (exact) mass is 374 g/mol. The first-order chi connectivity index (χ1) is 12.7. The molecule has 3 rings (SSSR count). The van der Waals surface area contributed by atoms with Gasteiger partial charge in [-0.1, -0.05) is 30.3 Å². The Labute approximate surface area is 156 Å². The van der Waals surface area contributed by atoms with E-state index >= 15 is 0 Å². The molecule has 1 unspecified atom stereocenters. The van der Waals surface area contributed by atoms with Crippen molar-refractivity contribution in [2.75, 3.05) is 24.5 Å². The molecule has 1 fully saturated rings. The third-order valence-electron chi connectivity index (χ3n) is 4.18. The van der Waals surface area contributed by atoms with Gasteiger partial charge in [-0.15, -0.1) is 11.3 Å². The Kier molecular flexibility index (Phi) is 6.43. The molecule has 7 nitrogen and oxygen atoms in total. The lowest BCUT2D eigenvalue weighted by atomic mass is 10.2. The first kappa shape index (κ1) is 18.2. The summed E-state index contributed by atoms with van der Waals surface area (Å²) < 4.78 is 5.08. The van der Waals surface area contributed by atoms with Crippen molar-refractivity contribution in [3.05, 3.63) is 47.5 Å². The Bertz CT molecular complexity index is 708. The summed E-state index contributed by atoms with van der Waals surface area (Å²) in [4.78, 5) is 30.2. The number of amides is 2. The molecule has 26 heavy (non-hydrogen) atoms. The first-order valence-corrected chi connectivity index (χ1v) is 9.48. The predicted molar refractivity (Wildman–Crippen MR) is 100 cm³/mol. The number of carbonyl (C=O) groups is 2. The predicted octanol–water partition coefficient (Wildman–Crippen LogP) is 2.15. The topological polar surface area (TPSA) is 83.6 Å². The highest BCUT2D eigenvalue weighted by Gasteiger charge is 2.26. The van der Waals surface area contributed by atoms with Gasteiger partial charge < -0.3 is 20.3 Å². The lowest BCUT2D eigenvalue weighted by molar-refractivity contribution is -0.120. The van der Waals surface area contributed by atoms with Gasteiger partial charge >= 0.3 is 6.09 Å². The highest BCUT2D eigenvalue weighted by Crippen LogP contribution is 2.26. The number of hydrogen-bond donors (Lipinski definition) is 2. The number of benzene rings is 1. The van der Waals surface area contributed by atoms with Gasteiger partial charge in [-0.2, -0.15) is 0 Å². The molecular formula is C18H22N4O3S. The highest BCUT2D eigenvalue weighted by molar-refractivity contribution is 7.13. The van der Waals surface area contributed by atoms with Gasteiger partial charge in [0.25, 0.3) is 0 Å². The molecule has 2 amide bonds. The minimum atomic E-state index is -0.603. The average molecular weight is 374 g/mol. The number of alkyl carbamates (subject to hydrolysis) is 1. The van der Waals surface area contributed by atoms with E-state index in [9.17, 15) is 9.59 Å². The van der Waals surface area contributed by atoms with Crippen LogP contribution < -0.4 is 15.5 Å². The summed E-state index contributed by atoms with van der Waals surface area (Å²) in [6.45, 7) is 1.58. The molecule has 0 spiro atoms. The van der Waals surface area contributed by atoms with Gasteiger partial charge in [-0.05, 0) is 18.4 Å². The van der Waals surface area contributed by atoms with Crippen molar-refractivity contribution in [1.29, 1.82) is 0 Å². The molecule has 1 aromatic heterocycles. The highest BCUT2D eigenvalue weighted by atomic mass is 32.1. The van der Waals surface area contributed by atoms with Crippen LogP contribution in [0.5, 0.6) is 0 Å². The molecule has 0 saturated carbocycles. The first-order valence-electron chi connectivity index (χ1n) is 8.60. The van der Waals surface area contributed by atoms with Gasteiger partial charge in [0.2, 0.25) is 5.91 Å². The van der Waals surface area contributed by atoms with Crippen molar-refractivity contribution in [1.82, 2.24) is 15.6 Å². The summed E-state index contributed by atoms with van der Waals surface area (Å²) in [5.41, 5.74) is 0.899. The van der Waals surface area contributed by atoms with Gasteiger partial charge in [0.15, 0.2) is 5.13 Å². The third-order valence-corrected chi connectivity index (χ3v) is 4.99. The Hall–Kier alpha value is -2.61. The third kappa shape index (κ3) is 5.19. The largest absolute Gasteiger partial charge is 0.445 e. The normalized spacial score (nSPS) is 16.3. The Balaban J connectivity index is 1.34. The van der Waals surface area contributed by atoms with Gasteiger partial charge in [0.1, 0.15) is 6.61 Å². The maximum Gasteiger partial charge on any atom is 0.407 e. The minimum absolute atomic E-state index is 0.0996. The Morgan fingerprint density at radius 1 is 1.27 bits per heavy atom. The van der Waals surface area contributed by atoms with Crippen LogP contribution in [0.1, 0.15) is 18.4 Å². The van der Waals surface area contributed by atoms with Crippen LogP contribution in [0.2, 0.25) is 0 Å². The quantitative estimate of drug-likeness (QED) is 0.776. The van der Waals surface area contributed by atoms with Crippen LogP contribution in [-0.2, 0) is 16.1 Å². The molecule has 2 aromatic rings. The molecule has 1 aliphatic rings. The zero-order chi connectivity index (χ0) is 18.2. The molecule has 1 aliphatic heterocycles. The van der Waals surface area contributed by atoms with Crippen LogP contribution in [0.4, 0.5) is 9.93 Å². The molecule has 0 aliphatic carbocycles. The van der Waals surface area contributed by atoms with Gasteiger partial charge in [-0.3, -0.25) is 4.79 Å². The molecule has 2 heterocycles. The molecular weight excluding hydrogens is 352 g/mol. The number of anilines is 1. The van der Waals surface area contributed by atoms with Crippen LogP contribution in [-0.4, -0.2) is 42.7 Å². The number of carbonyl (C=O) groups excluding carboxylic acids is 2. The van der Waals surface area contributed by atoms with E-state index in [1.54, 1.807) is 17.5 Å². The second kappa shape index (κ2) is 9.19. The van der Waals surface area contributed by atoms with Crippen molar-refractivity contribution in [3.8, 4) is 0 Å². The van der Waals surface area contributed by atoms with E-state index in [-0.39, 0.29) is 25.1 Å². The Morgan fingerprint density at radius 3 is 2.88 bits per heavy atom. The molecule has 2 N–H and O–H groups in total. The zero-order valence-corrected chi connectivity index (χ0v) is 15.2. The number of hydrogen-bond acceptors (Lipinski definition) is 6. The Morgan fingerprint density at radius 2 is 2.12 bits per heavy atom. The summed E-state index contributed by atoms with van der Waals surface area (Å²) in [5, 5.41) is 8.28. The second-order valence-corrected chi connectivity index (χ2v) is 6.90. The summed E-state index contributed by atoms with van der Waals surface area (Å²) in [6.07, 6.45) is 3.30. The maximum atomic E-state index is 12.0. The average Bonchev–Trinajstić information content (AvgIpc) is 3.35. The lowest BCUT2D eigenvalue weighted by Crippen LogP contribution is -2.43. The SMILES string of the molecule is O=C(CNC(=O)OCc1ccccc1)NCC1CCCN1c1nccs1. The fourth-order valence-electron chi connectivity index (χ4n) is 2.88. The maximum absolute atomic E-state index is 12.0. The molecule has 8 heteroatoms. The van der Waals surface area contributed by atoms with Crippen LogP contribution >= 0.6 is 11.3 Å².